The van der Waals surface area contributed by atoms with Crippen molar-refractivity contribution in [2.45, 2.75) is 32.3 Å². The van der Waals surface area contributed by atoms with E-state index in [1.165, 1.54) is 16.7 Å². The Morgan fingerprint density at radius 3 is 2.87 bits per heavy atom. The molecule has 1 aliphatic rings. The molecule has 0 amide bonds. The van der Waals surface area contributed by atoms with Crippen molar-refractivity contribution in [1.82, 2.24) is 5.32 Å². The summed E-state index contributed by atoms with van der Waals surface area (Å²) in [7, 11) is 0. The zero-order chi connectivity index (χ0) is 10.8. The SMILES string of the molecule is Cc1cccc([C@@H]2CCNC[C@@H]2O)c1C. The zero-order valence-electron chi connectivity index (χ0n) is 9.46. The summed E-state index contributed by atoms with van der Waals surface area (Å²) in [6.45, 7) is 6.01. The first-order valence-electron chi connectivity index (χ1n) is 5.65. The van der Waals surface area contributed by atoms with Gasteiger partial charge in [0, 0.05) is 12.5 Å². The molecule has 1 fully saturated rings. The van der Waals surface area contributed by atoms with Gasteiger partial charge in [-0.25, -0.2) is 0 Å². The lowest BCUT2D eigenvalue weighted by Crippen LogP contribution is -2.39. The van der Waals surface area contributed by atoms with E-state index in [0.717, 1.165) is 19.5 Å². The highest BCUT2D eigenvalue weighted by atomic mass is 16.3. The van der Waals surface area contributed by atoms with Crippen LogP contribution in [-0.2, 0) is 0 Å². The lowest BCUT2D eigenvalue weighted by atomic mass is 9.84. The molecule has 1 heterocycles. The van der Waals surface area contributed by atoms with Crippen LogP contribution in [-0.4, -0.2) is 24.3 Å². The fraction of sp³-hybridized carbons (Fsp3) is 0.538. The Bertz CT molecular complexity index is 348. The Labute approximate surface area is 91.3 Å². The zero-order valence-corrected chi connectivity index (χ0v) is 9.46. The summed E-state index contributed by atoms with van der Waals surface area (Å²) in [5.74, 6) is 0.311. The summed E-state index contributed by atoms with van der Waals surface area (Å²) < 4.78 is 0. The van der Waals surface area contributed by atoms with Crippen molar-refractivity contribution in [2.75, 3.05) is 13.1 Å². The summed E-state index contributed by atoms with van der Waals surface area (Å²) in [5, 5.41) is 13.2. The number of rotatable bonds is 1. The summed E-state index contributed by atoms with van der Waals surface area (Å²) in [4.78, 5) is 0. The highest BCUT2D eigenvalue weighted by Crippen LogP contribution is 2.29. The third-order valence-corrected chi connectivity index (χ3v) is 3.50. The smallest absolute Gasteiger partial charge is 0.0733 e. The fourth-order valence-corrected chi connectivity index (χ4v) is 2.38. The number of hydrogen-bond acceptors (Lipinski definition) is 2. The number of aliphatic hydroxyl groups is 1. The van der Waals surface area contributed by atoms with Crippen LogP contribution in [0.15, 0.2) is 18.2 Å². The molecule has 0 spiro atoms. The average molecular weight is 205 g/mol. The molecule has 0 unspecified atom stereocenters. The Morgan fingerprint density at radius 2 is 2.13 bits per heavy atom. The number of aryl methyl sites for hydroxylation is 1. The molecule has 1 aromatic carbocycles. The minimum Gasteiger partial charge on any atom is -0.391 e. The predicted molar refractivity (Wildman–Crippen MR) is 62.2 cm³/mol. The minimum atomic E-state index is -0.237. The Kier molecular flexibility index (Phi) is 3.08. The van der Waals surface area contributed by atoms with E-state index < -0.39 is 0 Å². The van der Waals surface area contributed by atoms with Crippen LogP contribution in [0.4, 0.5) is 0 Å². The van der Waals surface area contributed by atoms with Gasteiger partial charge in [0.2, 0.25) is 0 Å². The van der Waals surface area contributed by atoms with Crippen molar-refractivity contribution in [1.29, 1.82) is 0 Å². The highest BCUT2D eigenvalue weighted by molar-refractivity contribution is 5.36. The molecule has 2 N–H and O–H groups in total. The summed E-state index contributed by atoms with van der Waals surface area (Å²) in [6, 6.07) is 6.38. The molecule has 15 heavy (non-hydrogen) atoms. The maximum Gasteiger partial charge on any atom is 0.0733 e. The van der Waals surface area contributed by atoms with Crippen molar-refractivity contribution in [3.05, 3.63) is 34.9 Å². The van der Waals surface area contributed by atoms with Gasteiger partial charge in [-0.2, -0.15) is 0 Å². The van der Waals surface area contributed by atoms with E-state index in [1.54, 1.807) is 0 Å². The lowest BCUT2D eigenvalue weighted by molar-refractivity contribution is 0.118. The van der Waals surface area contributed by atoms with Crippen LogP contribution in [0.2, 0.25) is 0 Å². The van der Waals surface area contributed by atoms with Crippen LogP contribution in [0.1, 0.15) is 29.0 Å². The van der Waals surface area contributed by atoms with E-state index >= 15 is 0 Å². The van der Waals surface area contributed by atoms with Gasteiger partial charge in [-0.1, -0.05) is 18.2 Å². The molecule has 2 rings (SSSR count). The van der Waals surface area contributed by atoms with Crippen LogP contribution in [0.25, 0.3) is 0 Å². The third-order valence-electron chi connectivity index (χ3n) is 3.50. The Morgan fingerprint density at radius 1 is 1.33 bits per heavy atom. The van der Waals surface area contributed by atoms with Gasteiger partial charge in [-0.3, -0.25) is 0 Å². The highest BCUT2D eigenvalue weighted by Gasteiger charge is 2.25. The Balaban J connectivity index is 2.31. The molecule has 0 saturated carbocycles. The third kappa shape index (κ3) is 2.06. The van der Waals surface area contributed by atoms with Crippen LogP contribution >= 0.6 is 0 Å². The van der Waals surface area contributed by atoms with E-state index in [9.17, 15) is 5.11 Å². The second kappa shape index (κ2) is 4.33. The van der Waals surface area contributed by atoms with Gasteiger partial charge in [0.25, 0.3) is 0 Å². The second-order valence-electron chi connectivity index (χ2n) is 4.46. The van der Waals surface area contributed by atoms with E-state index in [0.29, 0.717) is 5.92 Å². The van der Waals surface area contributed by atoms with Crippen molar-refractivity contribution in [3.8, 4) is 0 Å². The molecule has 0 aromatic heterocycles. The molecule has 1 aromatic rings. The van der Waals surface area contributed by atoms with Gasteiger partial charge in [0.15, 0.2) is 0 Å². The van der Waals surface area contributed by atoms with Gasteiger partial charge in [0.1, 0.15) is 0 Å². The van der Waals surface area contributed by atoms with Crippen LogP contribution in [0, 0.1) is 13.8 Å². The maximum atomic E-state index is 9.98. The topological polar surface area (TPSA) is 32.3 Å². The van der Waals surface area contributed by atoms with Gasteiger partial charge < -0.3 is 10.4 Å². The van der Waals surface area contributed by atoms with E-state index in [-0.39, 0.29) is 6.10 Å². The van der Waals surface area contributed by atoms with Gasteiger partial charge in [-0.05, 0) is 43.5 Å². The molecule has 82 valence electrons. The first-order chi connectivity index (χ1) is 7.20. The second-order valence-corrected chi connectivity index (χ2v) is 4.46. The fourth-order valence-electron chi connectivity index (χ4n) is 2.38. The van der Waals surface area contributed by atoms with Crippen LogP contribution < -0.4 is 5.32 Å². The molecule has 0 radical (unpaired) electrons. The molecule has 0 aliphatic carbocycles. The molecule has 0 bridgehead atoms. The molecule has 2 atom stereocenters. The van der Waals surface area contributed by atoms with Crippen molar-refractivity contribution >= 4 is 0 Å². The predicted octanol–water partition coefficient (Wildman–Crippen LogP) is 1.74. The molecule has 2 heteroatoms. The number of benzene rings is 1. The van der Waals surface area contributed by atoms with Gasteiger partial charge in [0.05, 0.1) is 6.10 Å². The molecule has 1 aliphatic heterocycles. The number of nitrogens with one attached hydrogen (secondary N) is 1. The maximum absolute atomic E-state index is 9.98. The normalized spacial score (nSPS) is 26.6. The molecular weight excluding hydrogens is 186 g/mol. The summed E-state index contributed by atoms with van der Waals surface area (Å²) in [5.41, 5.74) is 3.98. The van der Waals surface area contributed by atoms with E-state index in [2.05, 4.69) is 37.4 Å². The number of aliphatic hydroxyl groups excluding tert-OH is 1. The standard InChI is InChI=1S/C13H19NO/c1-9-4-3-5-11(10(9)2)12-6-7-14-8-13(12)15/h3-5,12-15H,6-8H2,1-2H3/t12-,13-/m0/s1. The van der Waals surface area contributed by atoms with E-state index in [4.69, 9.17) is 0 Å². The Hall–Kier alpha value is -0.860. The number of piperidine rings is 1. The quantitative estimate of drug-likeness (QED) is 0.732. The van der Waals surface area contributed by atoms with E-state index in [1.807, 2.05) is 0 Å². The minimum absolute atomic E-state index is 0.237. The first kappa shape index (κ1) is 10.7. The van der Waals surface area contributed by atoms with Crippen molar-refractivity contribution in [3.63, 3.8) is 0 Å². The lowest BCUT2D eigenvalue weighted by Gasteiger charge is -2.30. The molecular formula is C13H19NO. The monoisotopic (exact) mass is 205 g/mol. The van der Waals surface area contributed by atoms with Gasteiger partial charge >= 0.3 is 0 Å². The number of hydrogen-bond donors (Lipinski definition) is 2. The first-order valence-corrected chi connectivity index (χ1v) is 5.65. The molecule has 1 saturated heterocycles. The average Bonchev–Trinajstić information content (AvgIpc) is 2.23. The van der Waals surface area contributed by atoms with Crippen LogP contribution in [0.5, 0.6) is 0 Å². The van der Waals surface area contributed by atoms with Crippen molar-refractivity contribution in [2.24, 2.45) is 0 Å². The summed E-state index contributed by atoms with van der Waals surface area (Å²) >= 11 is 0. The molecule has 2 nitrogen and oxygen atoms in total. The summed E-state index contributed by atoms with van der Waals surface area (Å²) in [6.07, 6.45) is 0.796. The van der Waals surface area contributed by atoms with Crippen LogP contribution in [0.3, 0.4) is 0 Å². The number of β-amino-alcohol motifs (C(OH)–C–C–N with tert-alkyl or cyclic N) is 1. The van der Waals surface area contributed by atoms with Crippen molar-refractivity contribution < 1.29 is 5.11 Å². The van der Waals surface area contributed by atoms with Gasteiger partial charge in [-0.15, -0.1) is 0 Å². The largest absolute Gasteiger partial charge is 0.391 e.